The van der Waals surface area contributed by atoms with Gasteiger partial charge in [0.25, 0.3) is 5.91 Å². The maximum Gasteiger partial charge on any atom is 0.276 e. The SMILES string of the molecule is CCN(CCN(C)C)C(=O)c1cn(CCN)nn1. The summed E-state index contributed by atoms with van der Waals surface area (Å²) in [5, 5.41) is 7.75. The Morgan fingerprint density at radius 2 is 2.17 bits per heavy atom. The molecule has 0 unspecified atom stereocenters. The van der Waals surface area contributed by atoms with Crippen LogP contribution < -0.4 is 5.73 Å². The maximum atomic E-state index is 12.2. The largest absolute Gasteiger partial charge is 0.336 e. The molecule has 1 aromatic heterocycles. The van der Waals surface area contributed by atoms with Crippen LogP contribution in [-0.2, 0) is 6.54 Å². The van der Waals surface area contributed by atoms with Crippen molar-refractivity contribution in [2.24, 2.45) is 5.73 Å². The Bertz CT molecular complexity index is 375. The van der Waals surface area contributed by atoms with Crippen LogP contribution in [0.25, 0.3) is 0 Å². The van der Waals surface area contributed by atoms with E-state index in [9.17, 15) is 4.79 Å². The van der Waals surface area contributed by atoms with Gasteiger partial charge in [0.2, 0.25) is 0 Å². The lowest BCUT2D eigenvalue weighted by Gasteiger charge is -2.21. The molecule has 0 fully saturated rings. The fourth-order valence-electron chi connectivity index (χ4n) is 1.52. The van der Waals surface area contributed by atoms with Crippen LogP contribution in [0.5, 0.6) is 0 Å². The average Bonchev–Trinajstić information content (AvgIpc) is 2.78. The molecule has 0 aromatic carbocycles. The summed E-state index contributed by atoms with van der Waals surface area (Å²) in [5.74, 6) is -0.0809. The zero-order valence-electron chi connectivity index (χ0n) is 11.3. The Morgan fingerprint density at radius 1 is 1.44 bits per heavy atom. The molecule has 2 N–H and O–H groups in total. The molecule has 0 radical (unpaired) electrons. The lowest BCUT2D eigenvalue weighted by atomic mass is 10.3. The number of nitrogens with zero attached hydrogens (tertiary/aromatic N) is 5. The van der Waals surface area contributed by atoms with Crippen LogP contribution in [0.2, 0.25) is 0 Å². The number of carbonyl (C=O) groups excluding carboxylic acids is 1. The molecule has 102 valence electrons. The predicted molar refractivity (Wildman–Crippen MR) is 69.2 cm³/mol. The molecule has 0 bridgehead atoms. The second-order valence-electron chi connectivity index (χ2n) is 4.34. The van der Waals surface area contributed by atoms with Crippen molar-refractivity contribution < 1.29 is 4.79 Å². The smallest absolute Gasteiger partial charge is 0.276 e. The summed E-state index contributed by atoms with van der Waals surface area (Å²) in [4.78, 5) is 16.0. The molecule has 0 aliphatic heterocycles. The van der Waals surface area contributed by atoms with Gasteiger partial charge in [-0.3, -0.25) is 9.48 Å². The van der Waals surface area contributed by atoms with Gasteiger partial charge >= 0.3 is 0 Å². The molecule has 0 saturated heterocycles. The van der Waals surface area contributed by atoms with Gasteiger partial charge < -0.3 is 15.5 Å². The molecule has 7 heteroatoms. The Morgan fingerprint density at radius 3 is 2.72 bits per heavy atom. The molecule has 0 saturated carbocycles. The number of likely N-dealkylation sites (N-methyl/N-ethyl adjacent to an activating group) is 2. The number of hydrogen-bond acceptors (Lipinski definition) is 5. The average molecular weight is 254 g/mol. The molecule has 1 amide bonds. The van der Waals surface area contributed by atoms with Crippen LogP contribution >= 0.6 is 0 Å². The fraction of sp³-hybridized carbons (Fsp3) is 0.727. The predicted octanol–water partition coefficient (Wildman–Crippen LogP) is -0.739. The summed E-state index contributed by atoms with van der Waals surface area (Å²) >= 11 is 0. The fourth-order valence-corrected chi connectivity index (χ4v) is 1.52. The second-order valence-corrected chi connectivity index (χ2v) is 4.34. The third-order valence-electron chi connectivity index (χ3n) is 2.60. The van der Waals surface area contributed by atoms with E-state index in [2.05, 4.69) is 10.3 Å². The molecule has 1 aromatic rings. The Kier molecular flexibility index (Phi) is 5.73. The van der Waals surface area contributed by atoms with Gasteiger partial charge in [0.1, 0.15) is 0 Å². The zero-order valence-corrected chi connectivity index (χ0v) is 11.3. The van der Waals surface area contributed by atoms with E-state index in [4.69, 9.17) is 5.73 Å². The van der Waals surface area contributed by atoms with Gasteiger partial charge in [0.15, 0.2) is 5.69 Å². The van der Waals surface area contributed by atoms with Crippen molar-refractivity contribution >= 4 is 5.91 Å². The van der Waals surface area contributed by atoms with Gasteiger partial charge in [-0.25, -0.2) is 0 Å². The molecule has 18 heavy (non-hydrogen) atoms. The molecule has 1 heterocycles. The summed E-state index contributed by atoms with van der Waals surface area (Å²) < 4.78 is 1.59. The first kappa shape index (κ1) is 14.6. The normalized spacial score (nSPS) is 10.9. The third kappa shape index (κ3) is 4.08. The van der Waals surface area contributed by atoms with Crippen molar-refractivity contribution in [3.05, 3.63) is 11.9 Å². The number of nitrogens with two attached hydrogens (primary N) is 1. The molecule has 1 rings (SSSR count). The maximum absolute atomic E-state index is 12.2. The van der Waals surface area contributed by atoms with Crippen molar-refractivity contribution in [1.82, 2.24) is 24.8 Å². The van der Waals surface area contributed by atoms with Crippen LogP contribution in [-0.4, -0.2) is 71.0 Å². The molecule has 7 nitrogen and oxygen atoms in total. The monoisotopic (exact) mass is 254 g/mol. The van der Waals surface area contributed by atoms with E-state index in [1.54, 1.807) is 15.8 Å². The van der Waals surface area contributed by atoms with Gasteiger partial charge in [-0.2, -0.15) is 0 Å². The molecular weight excluding hydrogens is 232 g/mol. The number of rotatable bonds is 7. The summed E-state index contributed by atoms with van der Waals surface area (Å²) in [6.07, 6.45) is 1.65. The van der Waals surface area contributed by atoms with E-state index in [0.29, 0.717) is 31.9 Å². The molecule has 0 atom stereocenters. The van der Waals surface area contributed by atoms with Gasteiger partial charge in [0, 0.05) is 26.2 Å². The third-order valence-corrected chi connectivity index (χ3v) is 2.60. The van der Waals surface area contributed by atoms with E-state index in [0.717, 1.165) is 6.54 Å². The number of hydrogen-bond donors (Lipinski definition) is 1. The molecule has 0 aliphatic rings. The minimum Gasteiger partial charge on any atom is -0.336 e. The zero-order chi connectivity index (χ0) is 13.5. The highest BCUT2D eigenvalue weighted by atomic mass is 16.2. The highest BCUT2D eigenvalue weighted by molar-refractivity contribution is 5.91. The van der Waals surface area contributed by atoms with E-state index in [1.165, 1.54) is 0 Å². The summed E-state index contributed by atoms with van der Waals surface area (Å²) in [6, 6.07) is 0. The highest BCUT2D eigenvalue weighted by Gasteiger charge is 2.17. The van der Waals surface area contributed by atoms with Gasteiger partial charge in [0.05, 0.1) is 12.7 Å². The number of carbonyl (C=O) groups is 1. The Hall–Kier alpha value is -1.47. The summed E-state index contributed by atoms with van der Waals surface area (Å²) in [7, 11) is 3.96. The van der Waals surface area contributed by atoms with Crippen LogP contribution in [0, 0.1) is 0 Å². The minimum absolute atomic E-state index is 0.0809. The highest BCUT2D eigenvalue weighted by Crippen LogP contribution is 2.01. The lowest BCUT2D eigenvalue weighted by molar-refractivity contribution is 0.0748. The van der Waals surface area contributed by atoms with Crippen molar-refractivity contribution in [2.45, 2.75) is 13.5 Å². The van der Waals surface area contributed by atoms with E-state index < -0.39 is 0 Å². The van der Waals surface area contributed by atoms with Crippen molar-refractivity contribution in [3.8, 4) is 0 Å². The summed E-state index contributed by atoms with van der Waals surface area (Å²) in [6.45, 7) is 5.19. The Labute approximate surface area is 108 Å². The van der Waals surface area contributed by atoms with Crippen molar-refractivity contribution in [2.75, 3.05) is 40.3 Å². The van der Waals surface area contributed by atoms with Crippen LogP contribution in [0.3, 0.4) is 0 Å². The van der Waals surface area contributed by atoms with E-state index >= 15 is 0 Å². The van der Waals surface area contributed by atoms with Gasteiger partial charge in [-0.05, 0) is 21.0 Å². The standard InChI is InChI=1S/C11H22N6O/c1-4-16(8-7-15(2)3)11(18)10-9-17(6-5-12)14-13-10/h9H,4-8,12H2,1-3H3. The molecular formula is C11H22N6O. The second kappa shape index (κ2) is 7.07. The van der Waals surface area contributed by atoms with E-state index in [1.807, 2.05) is 25.9 Å². The van der Waals surface area contributed by atoms with Crippen LogP contribution in [0.1, 0.15) is 17.4 Å². The quantitative estimate of drug-likeness (QED) is 0.693. The van der Waals surface area contributed by atoms with Gasteiger partial charge in [-0.1, -0.05) is 5.21 Å². The van der Waals surface area contributed by atoms with Crippen LogP contribution in [0.4, 0.5) is 0 Å². The van der Waals surface area contributed by atoms with Gasteiger partial charge in [-0.15, -0.1) is 5.10 Å². The van der Waals surface area contributed by atoms with E-state index in [-0.39, 0.29) is 5.91 Å². The minimum atomic E-state index is -0.0809. The topological polar surface area (TPSA) is 80.3 Å². The number of amides is 1. The number of aromatic nitrogens is 3. The lowest BCUT2D eigenvalue weighted by Crippen LogP contribution is -2.36. The first-order chi connectivity index (χ1) is 8.58. The first-order valence-corrected chi connectivity index (χ1v) is 6.12. The van der Waals surface area contributed by atoms with Crippen molar-refractivity contribution in [3.63, 3.8) is 0 Å². The molecule has 0 spiro atoms. The summed E-state index contributed by atoms with van der Waals surface area (Å²) in [5.41, 5.74) is 5.80. The molecule has 0 aliphatic carbocycles. The Balaban J connectivity index is 2.64. The first-order valence-electron chi connectivity index (χ1n) is 6.12. The van der Waals surface area contributed by atoms with Crippen molar-refractivity contribution in [1.29, 1.82) is 0 Å². The van der Waals surface area contributed by atoms with Crippen LogP contribution in [0.15, 0.2) is 6.20 Å².